The zero-order chi connectivity index (χ0) is 6.57. The third kappa shape index (κ3) is 2.53. The van der Waals surface area contributed by atoms with Crippen LogP contribution in [0.25, 0.3) is 0 Å². The van der Waals surface area contributed by atoms with Crippen molar-refractivity contribution < 1.29 is 5.11 Å². The van der Waals surface area contributed by atoms with Crippen molar-refractivity contribution >= 4 is 11.6 Å². The van der Waals surface area contributed by atoms with Gasteiger partial charge in [-0.2, -0.15) is 0 Å². The predicted octanol–water partition coefficient (Wildman–Crippen LogP) is 1.49. The van der Waals surface area contributed by atoms with Crippen LogP contribution in [0, 0.1) is 11.8 Å². The maximum absolute atomic E-state index is 8.58. The van der Waals surface area contributed by atoms with Crippen LogP contribution in [0.2, 0.25) is 0 Å². The molecule has 50 valence electrons. The molecule has 2 unspecified atom stereocenters. The molecule has 8 heavy (non-hydrogen) atoms. The van der Waals surface area contributed by atoms with Crippen molar-refractivity contribution in [3.63, 3.8) is 0 Å². The lowest BCUT2D eigenvalue weighted by Gasteiger charge is -2.12. The minimum absolute atomic E-state index is 0.244. The summed E-state index contributed by atoms with van der Waals surface area (Å²) < 4.78 is 0. The van der Waals surface area contributed by atoms with E-state index in [0.717, 1.165) is 0 Å². The van der Waals surface area contributed by atoms with Crippen LogP contribution in [0.4, 0.5) is 0 Å². The second-order valence-electron chi connectivity index (χ2n) is 2.29. The van der Waals surface area contributed by atoms with Gasteiger partial charge in [-0.1, -0.05) is 13.8 Å². The fourth-order valence-electron chi connectivity index (χ4n) is 0.332. The Morgan fingerprint density at radius 2 is 1.88 bits per heavy atom. The molecule has 2 heteroatoms. The first-order valence-electron chi connectivity index (χ1n) is 2.89. The minimum Gasteiger partial charge on any atom is -0.396 e. The van der Waals surface area contributed by atoms with Gasteiger partial charge >= 0.3 is 0 Å². The summed E-state index contributed by atoms with van der Waals surface area (Å²) in [7, 11) is 0. The second kappa shape index (κ2) is 4.16. The fraction of sp³-hybridized carbons (Fsp3) is 1.00. The smallest absolute Gasteiger partial charge is 0.0459 e. The lowest BCUT2D eigenvalue weighted by molar-refractivity contribution is 0.204. The molecule has 0 amide bonds. The summed E-state index contributed by atoms with van der Waals surface area (Å²) in [5, 5.41) is 8.58. The Morgan fingerprint density at radius 3 is 2.00 bits per heavy atom. The average molecular weight is 137 g/mol. The van der Waals surface area contributed by atoms with Crippen molar-refractivity contribution in [2.24, 2.45) is 11.8 Å². The number of alkyl halides is 1. The molecule has 0 heterocycles. The molecule has 0 aliphatic heterocycles. The Kier molecular flexibility index (Phi) is 4.29. The van der Waals surface area contributed by atoms with Gasteiger partial charge in [-0.15, -0.1) is 11.6 Å². The van der Waals surface area contributed by atoms with Gasteiger partial charge in [-0.25, -0.2) is 0 Å². The highest BCUT2D eigenvalue weighted by atomic mass is 35.5. The number of aliphatic hydroxyl groups excluding tert-OH is 1. The zero-order valence-corrected chi connectivity index (χ0v) is 6.15. The largest absolute Gasteiger partial charge is 0.396 e. The average Bonchev–Trinajstić information content (AvgIpc) is 1.84. The van der Waals surface area contributed by atoms with E-state index in [2.05, 4.69) is 0 Å². The van der Waals surface area contributed by atoms with Crippen LogP contribution in [0.3, 0.4) is 0 Å². The quantitative estimate of drug-likeness (QED) is 0.583. The lowest BCUT2D eigenvalue weighted by atomic mass is 9.99. The minimum atomic E-state index is 0.244. The summed E-state index contributed by atoms with van der Waals surface area (Å²) in [5.74, 6) is 1.41. The molecule has 0 aliphatic carbocycles. The van der Waals surface area contributed by atoms with Crippen LogP contribution in [-0.2, 0) is 0 Å². The molecule has 0 fully saturated rings. The molecule has 0 saturated carbocycles. The van der Waals surface area contributed by atoms with E-state index in [1.54, 1.807) is 0 Å². The highest BCUT2D eigenvalue weighted by Gasteiger charge is 2.07. The predicted molar refractivity (Wildman–Crippen MR) is 36.1 cm³/mol. The van der Waals surface area contributed by atoms with Crippen LogP contribution in [0.5, 0.6) is 0 Å². The molecule has 0 aromatic carbocycles. The molecule has 1 nitrogen and oxygen atoms in total. The fourth-order valence-corrected chi connectivity index (χ4v) is 0.636. The van der Waals surface area contributed by atoms with E-state index >= 15 is 0 Å². The molecule has 0 aliphatic rings. The first-order valence-corrected chi connectivity index (χ1v) is 3.42. The summed E-state index contributed by atoms with van der Waals surface area (Å²) in [4.78, 5) is 0. The van der Waals surface area contributed by atoms with Crippen LogP contribution in [0.15, 0.2) is 0 Å². The van der Waals surface area contributed by atoms with E-state index in [0.29, 0.717) is 17.7 Å². The van der Waals surface area contributed by atoms with Crippen LogP contribution in [0.1, 0.15) is 13.8 Å². The van der Waals surface area contributed by atoms with Gasteiger partial charge in [0.25, 0.3) is 0 Å². The first-order chi connectivity index (χ1) is 3.72. The van der Waals surface area contributed by atoms with Gasteiger partial charge in [-0.3, -0.25) is 0 Å². The van der Waals surface area contributed by atoms with Gasteiger partial charge in [0.2, 0.25) is 0 Å². The number of hydrogen-bond acceptors (Lipinski definition) is 1. The number of aliphatic hydroxyl groups is 1. The van der Waals surface area contributed by atoms with E-state index in [4.69, 9.17) is 16.7 Å². The Morgan fingerprint density at radius 1 is 1.38 bits per heavy atom. The van der Waals surface area contributed by atoms with Crippen LogP contribution in [-0.4, -0.2) is 17.6 Å². The summed E-state index contributed by atoms with van der Waals surface area (Å²) in [6, 6.07) is 0. The molecule has 1 N–H and O–H groups in total. The van der Waals surface area contributed by atoms with Crippen molar-refractivity contribution in [1.82, 2.24) is 0 Å². The van der Waals surface area contributed by atoms with Crippen molar-refractivity contribution in [1.29, 1.82) is 0 Å². The summed E-state index contributed by atoms with van der Waals surface area (Å²) in [6.45, 7) is 4.27. The highest BCUT2D eigenvalue weighted by Crippen LogP contribution is 2.10. The van der Waals surface area contributed by atoms with E-state index in [1.807, 2.05) is 13.8 Å². The topological polar surface area (TPSA) is 20.2 Å². The molecule has 0 spiro atoms. The Labute approximate surface area is 55.7 Å². The first kappa shape index (κ1) is 8.25. The molecule has 0 radical (unpaired) electrons. The van der Waals surface area contributed by atoms with Crippen molar-refractivity contribution in [3.8, 4) is 0 Å². The Bertz CT molecular complexity index is 48.5. The molecule has 0 bridgehead atoms. The van der Waals surface area contributed by atoms with Gasteiger partial charge in [0.05, 0.1) is 0 Å². The van der Waals surface area contributed by atoms with Gasteiger partial charge in [0.15, 0.2) is 0 Å². The zero-order valence-electron chi connectivity index (χ0n) is 5.39. The maximum Gasteiger partial charge on any atom is 0.0459 e. The Hall–Kier alpha value is 0.250. The number of halogens is 1. The number of rotatable bonds is 3. The molecule has 0 aromatic heterocycles. The molecular formula is C6H13ClO. The normalized spacial score (nSPS) is 18.0. The molecule has 0 rings (SSSR count). The summed E-state index contributed by atoms with van der Waals surface area (Å²) >= 11 is 5.51. The maximum atomic E-state index is 8.58. The van der Waals surface area contributed by atoms with E-state index in [1.165, 1.54) is 0 Å². The van der Waals surface area contributed by atoms with Crippen molar-refractivity contribution in [2.45, 2.75) is 13.8 Å². The summed E-state index contributed by atoms with van der Waals surface area (Å²) in [6.07, 6.45) is 0. The molecular weight excluding hydrogens is 124 g/mol. The second-order valence-corrected chi connectivity index (χ2v) is 2.60. The van der Waals surface area contributed by atoms with Crippen molar-refractivity contribution in [2.75, 3.05) is 12.5 Å². The lowest BCUT2D eigenvalue weighted by Crippen LogP contribution is -2.12. The van der Waals surface area contributed by atoms with Gasteiger partial charge in [-0.05, 0) is 11.8 Å². The Balaban J connectivity index is 3.29. The standard InChI is InChI=1S/C6H13ClO/c1-5(3-7)6(2)4-8/h5-6,8H,3-4H2,1-2H3. The van der Waals surface area contributed by atoms with Gasteiger partial charge in [0, 0.05) is 12.5 Å². The van der Waals surface area contributed by atoms with Crippen LogP contribution < -0.4 is 0 Å². The van der Waals surface area contributed by atoms with E-state index < -0.39 is 0 Å². The van der Waals surface area contributed by atoms with Crippen LogP contribution >= 0.6 is 11.6 Å². The monoisotopic (exact) mass is 136 g/mol. The van der Waals surface area contributed by atoms with Gasteiger partial charge in [0.1, 0.15) is 0 Å². The third-order valence-corrected chi connectivity index (χ3v) is 1.99. The SMILES string of the molecule is CC(CO)C(C)CCl. The highest BCUT2D eigenvalue weighted by molar-refractivity contribution is 6.18. The molecule has 0 saturated heterocycles. The van der Waals surface area contributed by atoms with E-state index in [9.17, 15) is 0 Å². The third-order valence-electron chi connectivity index (χ3n) is 1.50. The number of hydrogen-bond donors (Lipinski definition) is 1. The van der Waals surface area contributed by atoms with Gasteiger partial charge < -0.3 is 5.11 Å². The molecule has 0 aromatic rings. The summed E-state index contributed by atoms with van der Waals surface area (Å²) in [5.41, 5.74) is 0. The van der Waals surface area contributed by atoms with E-state index in [-0.39, 0.29) is 6.61 Å². The van der Waals surface area contributed by atoms with Crippen molar-refractivity contribution in [3.05, 3.63) is 0 Å². The molecule has 2 atom stereocenters.